The Labute approximate surface area is 189 Å². The van der Waals surface area contributed by atoms with Crippen LogP contribution in [0.4, 0.5) is 16.2 Å². The topological polar surface area (TPSA) is 83.9 Å². The molecule has 4 heterocycles. The van der Waals surface area contributed by atoms with Crippen molar-refractivity contribution >= 4 is 33.8 Å². The summed E-state index contributed by atoms with van der Waals surface area (Å²) >= 11 is 0. The van der Waals surface area contributed by atoms with E-state index in [4.69, 9.17) is 14.7 Å². The van der Waals surface area contributed by atoms with Crippen molar-refractivity contribution in [3.8, 4) is 5.69 Å². The molecule has 3 aromatic heterocycles. The van der Waals surface area contributed by atoms with Gasteiger partial charge in [-0.3, -0.25) is 4.57 Å². The summed E-state index contributed by atoms with van der Waals surface area (Å²) in [5.74, 6) is 0.939. The molecular formula is C24H22FN7O. The Morgan fingerprint density at radius 1 is 1.06 bits per heavy atom. The van der Waals surface area contributed by atoms with E-state index in [9.17, 15) is 4.39 Å². The number of nitrogens with zero attached hydrogens (tertiary/aromatic N) is 5. The predicted octanol–water partition coefficient (Wildman–Crippen LogP) is 3.88. The summed E-state index contributed by atoms with van der Waals surface area (Å²) in [6, 6.07) is 14.8. The van der Waals surface area contributed by atoms with E-state index in [0.717, 1.165) is 16.5 Å². The first kappa shape index (κ1) is 19.7. The van der Waals surface area contributed by atoms with Crippen LogP contribution in [0, 0.1) is 5.82 Å². The van der Waals surface area contributed by atoms with Gasteiger partial charge in [0.15, 0.2) is 17.0 Å². The van der Waals surface area contributed by atoms with Crippen molar-refractivity contribution in [1.82, 2.24) is 24.5 Å². The molecular weight excluding hydrogens is 421 g/mol. The Balaban J connectivity index is 1.40. The van der Waals surface area contributed by atoms with E-state index in [0.29, 0.717) is 61.5 Å². The molecule has 166 valence electrons. The summed E-state index contributed by atoms with van der Waals surface area (Å²) in [7, 11) is 0. The lowest BCUT2D eigenvalue weighted by Crippen LogP contribution is -2.37. The fourth-order valence-corrected chi connectivity index (χ4v) is 4.13. The molecule has 0 saturated carbocycles. The number of benzene rings is 2. The van der Waals surface area contributed by atoms with Gasteiger partial charge in [0.05, 0.1) is 18.9 Å². The number of aromatic nitrogens is 5. The lowest BCUT2D eigenvalue weighted by molar-refractivity contribution is 0.122. The van der Waals surface area contributed by atoms with Crippen LogP contribution in [-0.4, -0.2) is 50.8 Å². The van der Waals surface area contributed by atoms with E-state index in [1.165, 1.54) is 12.1 Å². The van der Waals surface area contributed by atoms with Crippen molar-refractivity contribution in [2.24, 2.45) is 0 Å². The van der Waals surface area contributed by atoms with E-state index < -0.39 is 0 Å². The largest absolute Gasteiger partial charge is 0.378 e. The Hall–Kier alpha value is -3.98. The maximum atomic E-state index is 13.9. The first-order valence-corrected chi connectivity index (χ1v) is 10.9. The number of hydrogen-bond donors (Lipinski definition) is 2. The molecule has 6 rings (SSSR count). The first-order valence-electron chi connectivity index (χ1n) is 10.9. The van der Waals surface area contributed by atoms with E-state index in [2.05, 4.69) is 44.5 Å². The molecule has 1 fully saturated rings. The zero-order valence-electron chi connectivity index (χ0n) is 17.8. The zero-order chi connectivity index (χ0) is 22.2. The summed E-state index contributed by atoms with van der Waals surface area (Å²) in [5, 5.41) is 4.61. The minimum absolute atomic E-state index is 0.310. The molecule has 2 N–H and O–H groups in total. The third-order valence-corrected chi connectivity index (χ3v) is 5.84. The van der Waals surface area contributed by atoms with Crippen LogP contribution in [-0.2, 0) is 11.3 Å². The number of hydrogen-bond acceptors (Lipinski definition) is 6. The Morgan fingerprint density at radius 2 is 1.97 bits per heavy atom. The van der Waals surface area contributed by atoms with Gasteiger partial charge >= 0.3 is 0 Å². The van der Waals surface area contributed by atoms with Crippen LogP contribution in [0.5, 0.6) is 0 Å². The second-order valence-corrected chi connectivity index (χ2v) is 7.99. The normalized spacial score (nSPS) is 14.3. The fraction of sp³-hybridized carbons (Fsp3) is 0.208. The van der Waals surface area contributed by atoms with Crippen LogP contribution < -0.4 is 10.2 Å². The van der Waals surface area contributed by atoms with Gasteiger partial charge in [0.25, 0.3) is 0 Å². The molecule has 0 unspecified atom stereocenters. The van der Waals surface area contributed by atoms with Crippen LogP contribution >= 0.6 is 0 Å². The number of anilines is 2. The van der Waals surface area contributed by atoms with Gasteiger partial charge in [0.1, 0.15) is 12.1 Å². The third-order valence-electron chi connectivity index (χ3n) is 5.84. The van der Waals surface area contributed by atoms with Gasteiger partial charge in [-0.15, -0.1) is 0 Å². The summed E-state index contributed by atoms with van der Waals surface area (Å²) in [5.41, 5.74) is 4.16. The van der Waals surface area contributed by atoms with E-state index in [-0.39, 0.29) is 5.82 Å². The summed E-state index contributed by atoms with van der Waals surface area (Å²) in [4.78, 5) is 19.5. The number of halogens is 1. The highest BCUT2D eigenvalue weighted by Crippen LogP contribution is 2.26. The van der Waals surface area contributed by atoms with Crippen molar-refractivity contribution in [2.75, 3.05) is 36.5 Å². The van der Waals surface area contributed by atoms with Crippen LogP contribution in [0.1, 0.15) is 5.56 Å². The molecule has 1 aliphatic heterocycles. The maximum absolute atomic E-state index is 13.9. The monoisotopic (exact) mass is 443 g/mol. The van der Waals surface area contributed by atoms with Crippen LogP contribution in [0.15, 0.2) is 61.1 Å². The predicted molar refractivity (Wildman–Crippen MR) is 125 cm³/mol. The van der Waals surface area contributed by atoms with Gasteiger partial charge in [-0.05, 0) is 47.3 Å². The molecule has 9 heteroatoms. The highest BCUT2D eigenvalue weighted by Gasteiger charge is 2.20. The number of nitrogens with one attached hydrogen (secondary N) is 2. The highest BCUT2D eigenvalue weighted by molar-refractivity contribution is 5.86. The summed E-state index contributed by atoms with van der Waals surface area (Å²) in [6.07, 6.45) is 3.59. The van der Waals surface area contributed by atoms with E-state index in [1.807, 2.05) is 12.3 Å². The molecule has 2 aromatic carbocycles. The molecule has 0 radical (unpaired) electrons. The van der Waals surface area contributed by atoms with Crippen molar-refractivity contribution < 1.29 is 9.13 Å². The molecule has 33 heavy (non-hydrogen) atoms. The lowest BCUT2D eigenvalue weighted by atomic mass is 10.1. The van der Waals surface area contributed by atoms with Crippen LogP contribution in [0.25, 0.3) is 27.8 Å². The van der Waals surface area contributed by atoms with Gasteiger partial charge in [-0.25, -0.2) is 9.37 Å². The number of H-pyrrole nitrogens is 1. The third kappa shape index (κ3) is 3.76. The molecule has 0 amide bonds. The van der Waals surface area contributed by atoms with Gasteiger partial charge in [-0.1, -0.05) is 12.1 Å². The van der Waals surface area contributed by atoms with Crippen molar-refractivity contribution in [1.29, 1.82) is 0 Å². The molecule has 0 aliphatic carbocycles. The van der Waals surface area contributed by atoms with Crippen LogP contribution in [0.2, 0.25) is 0 Å². The molecule has 0 bridgehead atoms. The SMILES string of the molecule is Fc1cccc(-n2cnc3c(NCc4ccc5[nH]ccc5c4)nc(N4CCOCC4)nc32)c1. The van der Waals surface area contributed by atoms with E-state index in [1.54, 1.807) is 17.0 Å². The van der Waals surface area contributed by atoms with Crippen molar-refractivity contribution in [2.45, 2.75) is 6.54 Å². The number of aromatic amines is 1. The minimum atomic E-state index is -0.310. The van der Waals surface area contributed by atoms with Gasteiger partial charge in [0, 0.05) is 31.3 Å². The highest BCUT2D eigenvalue weighted by atomic mass is 19.1. The Bertz CT molecular complexity index is 1440. The second-order valence-electron chi connectivity index (χ2n) is 7.99. The van der Waals surface area contributed by atoms with Gasteiger partial charge in [0.2, 0.25) is 5.95 Å². The summed E-state index contributed by atoms with van der Waals surface area (Å²) < 4.78 is 21.2. The molecule has 0 atom stereocenters. The molecule has 5 aromatic rings. The second kappa shape index (κ2) is 8.18. The standard InChI is InChI=1S/C24H22FN7O/c25-18-2-1-3-19(13-18)32-15-28-21-22(27-14-16-4-5-20-17(12-16)6-7-26-20)29-24(30-23(21)32)31-8-10-33-11-9-31/h1-7,12-13,15,26H,8-11,14H2,(H,27,29,30). The molecule has 0 spiro atoms. The molecule has 1 aliphatic rings. The Kier molecular flexibility index (Phi) is 4.88. The number of fused-ring (bicyclic) bond motifs is 2. The average Bonchev–Trinajstić information content (AvgIpc) is 3.50. The van der Waals surface area contributed by atoms with E-state index >= 15 is 0 Å². The first-order chi connectivity index (χ1) is 16.2. The maximum Gasteiger partial charge on any atom is 0.229 e. The molecule has 1 saturated heterocycles. The number of ether oxygens (including phenoxy) is 1. The lowest BCUT2D eigenvalue weighted by Gasteiger charge is -2.27. The number of morpholine rings is 1. The van der Waals surface area contributed by atoms with Crippen molar-refractivity contribution in [3.63, 3.8) is 0 Å². The minimum Gasteiger partial charge on any atom is -0.378 e. The molecule has 8 nitrogen and oxygen atoms in total. The smallest absolute Gasteiger partial charge is 0.229 e. The fourth-order valence-electron chi connectivity index (χ4n) is 4.13. The van der Waals surface area contributed by atoms with Crippen LogP contribution in [0.3, 0.4) is 0 Å². The zero-order valence-corrected chi connectivity index (χ0v) is 17.8. The Morgan fingerprint density at radius 3 is 2.85 bits per heavy atom. The van der Waals surface area contributed by atoms with Gasteiger partial charge in [-0.2, -0.15) is 9.97 Å². The van der Waals surface area contributed by atoms with Crippen molar-refractivity contribution in [3.05, 3.63) is 72.4 Å². The number of imidazole rings is 1. The average molecular weight is 443 g/mol. The number of rotatable bonds is 5. The quantitative estimate of drug-likeness (QED) is 0.429. The van der Waals surface area contributed by atoms with Gasteiger partial charge < -0.3 is 19.9 Å². The summed E-state index contributed by atoms with van der Waals surface area (Å²) in [6.45, 7) is 3.27.